The SMILES string of the molecule is CCc1nn(C)cc1-c1ccc(CO)o1. The van der Waals surface area contributed by atoms with Crippen LogP contribution in [0.2, 0.25) is 0 Å². The summed E-state index contributed by atoms with van der Waals surface area (Å²) >= 11 is 0. The lowest BCUT2D eigenvalue weighted by Gasteiger charge is -1.94. The maximum Gasteiger partial charge on any atom is 0.137 e. The van der Waals surface area contributed by atoms with Gasteiger partial charge in [-0.1, -0.05) is 6.92 Å². The topological polar surface area (TPSA) is 51.2 Å². The van der Waals surface area contributed by atoms with Crippen molar-refractivity contribution in [3.63, 3.8) is 0 Å². The Hall–Kier alpha value is -1.55. The fourth-order valence-corrected chi connectivity index (χ4v) is 1.61. The molecule has 0 spiro atoms. The summed E-state index contributed by atoms with van der Waals surface area (Å²) in [5, 5.41) is 13.2. The molecule has 0 aliphatic heterocycles. The molecule has 2 rings (SSSR count). The quantitative estimate of drug-likeness (QED) is 0.832. The van der Waals surface area contributed by atoms with Gasteiger partial charge in [-0.2, -0.15) is 5.10 Å². The Morgan fingerprint density at radius 3 is 2.87 bits per heavy atom. The standard InChI is InChI=1S/C11H14N2O2/c1-3-10-9(6-13(2)12-10)11-5-4-8(7-14)15-11/h4-6,14H,3,7H2,1-2H3. The van der Waals surface area contributed by atoms with Crippen molar-refractivity contribution in [1.82, 2.24) is 9.78 Å². The van der Waals surface area contributed by atoms with Crippen LogP contribution in [0.25, 0.3) is 11.3 Å². The average Bonchev–Trinajstić information content (AvgIpc) is 2.82. The molecule has 0 bridgehead atoms. The molecule has 0 aliphatic carbocycles. The van der Waals surface area contributed by atoms with E-state index in [2.05, 4.69) is 12.0 Å². The van der Waals surface area contributed by atoms with Crippen LogP contribution >= 0.6 is 0 Å². The second-order valence-corrected chi connectivity index (χ2v) is 3.44. The molecule has 2 aromatic rings. The van der Waals surface area contributed by atoms with E-state index in [-0.39, 0.29) is 6.61 Å². The van der Waals surface area contributed by atoms with E-state index in [4.69, 9.17) is 9.52 Å². The molecule has 2 heterocycles. The first-order valence-corrected chi connectivity index (χ1v) is 4.97. The number of nitrogens with zero attached hydrogens (tertiary/aromatic N) is 2. The molecule has 0 radical (unpaired) electrons. The van der Waals surface area contributed by atoms with Crippen LogP contribution in [0.3, 0.4) is 0 Å². The lowest BCUT2D eigenvalue weighted by atomic mass is 10.2. The van der Waals surface area contributed by atoms with Crippen LogP contribution in [0.1, 0.15) is 18.4 Å². The molecule has 0 aromatic carbocycles. The number of hydrogen-bond donors (Lipinski definition) is 1. The lowest BCUT2D eigenvalue weighted by molar-refractivity contribution is 0.248. The molecular weight excluding hydrogens is 192 g/mol. The minimum atomic E-state index is -0.0677. The van der Waals surface area contributed by atoms with E-state index in [1.807, 2.05) is 19.3 Å². The Balaban J connectivity index is 2.43. The summed E-state index contributed by atoms with van der Waals surface area (Å²) in [6.07, 6.45) is 2.80. The average molecular weight is 206 g/mol. The van der Waals surface area contributed by atoms with Crippen molar-refractivity contribution in [2.75, 3.05) is 0 Å². The van der Waals surface area contributed by atoms with Gasteiger partial charge >= 0.3 is 0 Å². The summed E-state index contributed by atoms with van der Waals surface area (Å²) < 4.78 is 7.24. The van der Waals surface area contributed by atoms with Crippen molar-refractivity contribution in [2.24, 2.45) is 7.05 Å². The molecule has 0 aliphatic rings. The lowest BCUT2D eigenvalue weighted by Crippen LogP contribution is -1.89. The fraction of sp³-hybridized carbons (Fsp3) is 0.364. The Morgan fingerprint density at radius 1 is 1.47 bits per heavy atom. The van der Waals surface area contributed by atoms with Crippen molar-refractivity contribution >= 4 is 0 Å². The number of aliphatic hydroxyl groups excluding tert-OH is 1. The highest BCUT2D eigenvalue weighted by atomic mass is 16.4. The largest absolute Gasteiger partial charge is 0.459 e. The van der Waals surface area contributed by atoms with E-state index in [0.717, 1.165) is 23.4 Å². The monoisotopic (exact) mass is 206 g/mol. The van der Waals surface area contributed by atoms with Gasteiger partial charge in [0.15, 0.2) is 0 Å². The van der Waals surface area contributed by atoms with Crippen LogP contribution in [0.15, 0.2) is 22.7 Å². The fourth-order valence-electron chi connectivity index (χ4n) is 1.61. The Morgan fingerprint density at radius 2 is 2.27 bits per heavy atom. The number of hydrogen-bond acceptors (Lipinski definition) is 3. The van der Waals surface area contributed by atoms with E-state index >= 15 is 0 Å². The molecule has 0 atom stereocenters. The summed E-state index contributed by atoms with van der Waals surface area (Å²) in [7, 11) is 1.89. The maximum atomic E-state index is 8.91. The third-order valence-electron chi connectivity index (χ3n) is 2.32. The van der Waals surface area contributed by atoms with Crippen molar-refractivity contribution in [3.8, 4) is 11.3 Å². The van der Waals surface area contributed by atoms with Gasteiger partial charge in [0.2, 0.25) is 0 Å². The van der Waals surface area contributed by atoms with Gasteiger partial charge in [-0.05, 0) is 18.6 Å². The summed E-state index contributed by atoms with van der Waals surface area (Å²) in [6.45, 7) is 1.99. The molecule has 0 fully saturated rings. The van der Waals surface area contributed by atoms with Crippen LogP contribution in [0.5, 0.6) is 0 Å². The molecule has 4 heteroatoms. The van der Waals surface area contributed by atoms with Gasteiger partial charge in [-0.3, -0.25) is 4.68 Å². The molecule has 15 heavy (non-hydrogen) atoms. The van der Waals surface area contributed by atoms with E-state index < -0.39 is 0 Å². The zero-order chi connectivity index (χ0) is 10.8. The number of furan rings is 1. The van der Waals surface area contributed by atoms with Gasteiger partial charge in [0, 0.05) is 13.2 Å². The Kier molecular flexibility index (Phi) is 2.60. The minimum Gasteiger partial charge on any atom is -0.459 e. The van der Waals surface area contributed by atoms with Crippen molar-refractivity contribution in [3.05, 3.63) is 29.8 Å². The minimum absolute atomic E-state index is 0.0677. The van der Waals surface area contributed by atoms with Crippen LogP contribution < -0.4 is 0 Å². The van der Waals surface area contributed by atoms with E-state index in [0.29, 0.717) is 5.76 Å². The van der Waals surface area contributed by atoms with Gasteiger partial charge in [-0.15, -0.1) is 0 Å². The van der Waals surface area contributed by atoms with Crippen LogP contribution in [-0.2, 0) is 20.1 Å². The van der Waals surface area contributed by atoms with E-state index in [1.54, 1.807) is 10.7 Å². The zero-order valence-corrected chi connectivity index (χ0v) is 8.90. The first-order valence-electron chi connectivity index (χ1n) is 4.97. The molecule has 0 unspecified atom stereocenters. The second-order valence-electron chi connectivity index (χ2n) is 3.44. The predicted molar refractivity (Wildman–Crippen MR) is 56.2 cm³/mol. The molecule has 0 saturated heterocycles. The van der Waals surface area contributed by atoms with Crippen LogP contribution in [0, 0.1) is 0 Å². The van der Waals surface area contributed by atoms with Crippen LogP contribution in [0.4, 0.5) is 0 Å². The molecule has 80 valence electrons. The molecular formula is C11H14N2O2. The number of aromatic nitrogens is 2. The summed E-state index contributed by atoms with van der Waals surface area (Å²) in [5.41, 5.74) is 2.01. The van der Waals surface area contributed by atoms with Gasteiger partial charge in [0.25, 0.3) is 0 Å². The highest BCUT2D eigenvalue weighted by Gasteiger charge is 2.11. The van der Waals surface area contributed by atoms with Gasteiger partial charge < -0.3 is 9.52 Å². The first-order chi connectivity index (χ1) is 7.24. The van der Waals surface area contributed by atoms with E-state index in [9.17, 15) is 0 Å². The smallest absolute Gasteiger partial charge is 0.137 e. The number of aliphatic hydroxyl groups is 1. The highest BCUT2D eigenvalue weighted by Crippen LogP contribution is 2.25. The van der Waals surface area contributed by atoms with Crippen molar-refractivity contribution in [1.29, 1.82) is 0 Å². The van der Waals surface area contributed by atoms with Crippen molar-refractivity contribution < 1.29 is 9.52 Å². The second kappa shape index (κ2) is 3.90. The van der Waals surface area contributed by atoms with Gasteiger partial charge in [0.05, 0.1) is 11.3 Å². The number of aryl methyl sites for hydroxylation is 2. The molecule has 0 amide bonds. The summed E-state index contributed by atoms with van der Waals surface area (Å²) in [6, 6.07) is 3.64. The zero-order valence-electron chi connectivity index (χ0n) is 8.90. The third kappa shape index (κ3) is 1.80. The Bertz CT molecular complexity index is 457. The molecule has 1 N–H and O–H groups in total. The van der Waals surface area contributed by atoms with Gasteiger partial charge in [-0.25, -0.2) is 0 Å². The third-order valence-corrected chi connectivity index (χ3v) is 2.32. The molecule has 0 saturated carbocycles. The highest BCUT2D eigenvalue weighted by molar-refractivity contribution is 5.59. The molecule has 2 aromatic heterocycles. The van der Waals surface area contributed by atoms with Crippen molar-refractivity contribution in [2.45, 2.75) is 20.0 Å². The normalized spacial score (nSPS) is 10.9. The molecule has 4 nitrogen and oxygen atoms in total. The van der Waals surface area contributed by atoms with Crippen LogP contribution in [-0.4, -0.2) is 14.9 Å². The number of rotatable bonds is 3. The van der Waals surface area contributed by atoms with Gasteiger partial charge in [0.1, 0.15) is 18.1 Å². The predicted octanol–water partition coefficient (Wildman–Crippen LogP) is 1.73. The first kappa shape index (κ1) is 9.98. The summed E-state index contributed by atoms with van der Waals surface area (Å²) in [4.78, 5) is 0. The van der Waals surface area contributed by atoms with E-state index in [1.165, 1.54) is 0 Å². The Labute approximate surface area is 88.1 Å². The summed E-state index contributed by atoms with van der Waals surface area (Å²) in [5.74, 6) is 1.35. The maximum absolute atomic E-state index is 8.91.